The first-order valence-electron chi connectivity index (χ1n) is 7.71. The normalized spacial score (nSPS) is 10.1. The van der Waals surface area contributed by atoms with Gasteiger partial charge in [0, 0.05) is 11.3 Å². The van der Waals surface area contributed by atoms with E-state index in [-0.39, 0.29) is 10.7 Å². The van der Waals surface area contributed by atoms with Crippen molar-refractivity contribution in [3.63, 3.8) is 0 Å². The lowest BCUT2D eigenvalue weighted by molar-refractivity contribution is 0.0696. The minimum Gasteiger partial charge on any atom is -0.493 e. The average molecular weight is 437 g/mol. The summed E-state index contributed by atoms with van der Waals surface area (Å²) in [6.45, 7) is 4.06. The van der Waals surface area contributed by atoms with Crippen LogP contribution in [0.2, 0.25) is 0 Å². The van der Waals surface area contributed by atoms with E-state index in [2.05, 4.69) is 26.6 Å². The van der Waals surface area contributed by atoms with Crippen molar-refractivity contribution in [3.8, 4) is 5.75 Å². The lowest BCUT2D eigenvalue weighted by atomic mass is 10.1. The van der Waals surface area contributed by atoms with Gasteiger partial charge in [-0.3, -0.25) is 10.1 Å². The van der Waals surface area contributed by atoms with Gasteiger partial charge < -0.3 is 15.2 Å². The summed E-state index contributed by atoms with van der Waals surface area (Å²) in [5.74, 6) is -0.774. The van der Waals surface area contributed by atoms with Crippen LogP contribution in [0, 0.1) is 6.92 Å². The maximum Gasteiger partial charge on any atom is 0.336 e. The maximum atomic E-state index is 12.3. The van der Waals surface area contributed by atoms with Crippen molar-refractivity contribution in [2.24, 2.45) is 0 Å². The molecule has 26 heavy (non-hydrogen) atoms. The molecule has 0 aliphatic carbocycles. The standard InChI is InChI=1S/C18H17BrN2O4S/c1-3-25-15-8-7-11(9-13(15)19)16(22)21-18(26)20-14-6-4-5-12(10(14)2)17(23)24/h4-9H,3H2,1-2H3,(H,23,24)(H2,20,21,22,26). The fraction of sp³-hybridized carbons (Fsp3) is 0.167. The molecule has 6 nitrogen and oxygen atoms in total. The Morgan fingerprint density at radius 2 is 2.00 bits per heavy atom. The Balaban J connectivity index is 2.08. The van der Waals surface area contributed by atoms with Crippen molar-refractivity contribution in [2.45, 2.75) is 13.8 Å². The van der Waals surface area contributed by atoms with Crippen molar-refractivity contribution in [1.82, 2.24) is 5.32 Å². The molecule has 0 aliphatic heterocycles. The number of rotatable bonds is 5. The van der Waals surface area contributed by atoms with Gasteiger partial charge in [0.05, 0.1) is 16.6 Å². The van der Waals surface area contributed by atoms with Crippen LogP contribution in [0.4, 0.5) is 5.69 Å². The minimum atomic E-state index is -1.03. The van der Waals surface area contributed by atoms with Crippen molar-refractivity contribution in [3.05, 3.63) is 57.6 Å². The van der Waals surface area contributed by atoms with E-state index < -0.39 is 11.9 Å². The molecular weight excluding hydrogens is 420 g/mol. The van der Waals surface area contributed by atoms with E-state index in [9.17, 15) is 9.59 Å². The van der Waals surface area contributed by atoms with Gasteiger partial charge in [-0.1, -0.05) is 6.07 Å². The summed E-state index contributed by atoms with van der Waals surface area (Å²) in [6, 6.07) is 9.76. The second-order valence-corrected chi connectivity index (χ2v) is 6.53. The molecule has 2 rings (SSSR count). The molecule has 0 atom stereocenters. The molecule has 136 valence electrons. The van der Waals surface area contributed by atoms with Crippen molar-refractivity contribution in [1.29, 1.82) is 0 Å². The number of halogens is 1. The van der Waals surface area contributed by atoms with Gasteiger partial charge in [0.1, 0.15) is 5.75 Å². The van der Waals surface area contributed by atoms with Crippen molar-refractivity contribution in [2.75, 3.05) is 11.9 Å². The Labute approximate surface area is 164 Å². The number of nitrogens with one attached hydrogen (secondary N) is 2. The van der Waals surface area contributed by atoms with Crippen molar-refractivity contribution < 1.29 is 19.4 Å². The van der Waals surface area contributed by atoms with Crippen molar-refractivity contribution >= 4 is 50.8 Å². The number of carbonyl (C=O) groups excluding carboxylic acids is 1. The van der Waals surface area contributed by atoms with E-state index in [0.717, 1.165) is 0 Å². The summed E-state index contributed by atoms with van der Waals surface area (Å²) < 4.78 is 6.07. The zero-order chi connectivity index (χ0) is 19.3. The van der Waals surface area contributed by atoms with E-state index in [1.54, 1.807) is 37.3 Å². The number of aromatic carboxylic acids is 1. The molecule has 0 heterocycles. The molecule has 0 aromatic heterocycles. The highest BCUT2D eigenvalue weighted by Crippen LogP contribution is 2.26. The number of amides is 1. The average Bonchev–Trinajstić information content (AvgIpc) is 2.58. The number of carboxylic acid groups (broad SMARTS) is 1. The van der Waals surface area contributed by atoms with Gasteiger partial charge in [0.15, 0.2) is 5.11 Å². The van der Waals surface area contributed by atoms with E-state index in [1.807, 2.05) is 6.92 Å². The van der Waals surface area contributed by atoms with E-state index >= 15 is 0 Å². The van der Waals surface area contributed by atoms with Crippen LogP contribution < -0.4 is 15.4 Å². The number of carbonyl (C=O) groups is 2. The topological polar surface area (TPSA) is 87.7 Å². The first kappa shape index (κ1) is 19.9. The quantitative estimate of drug-likeness (QED) is 0.614. The molecule has 0 saturated heterocycles. The van der Waals surface area contributed by atoms with Crippen LogP contribution in [0.15, 0.2) is 40.9 Å². The first-order chi connectivity index (χ1) is 12.3. The first-order valence-corrected chi connectivity index (χ1v) is 8.91. The van der Waals surface area contributed by atoms with E-state index in [1.165, 1.54) is 6.07 Å². The van der Waals surface area contributed by atoms with Crippen LogP contribution in [0.25, 0.3) is 0 Å². The number of hydrogen-bond acceptors (Lipinski definition) is 4. The summed E-state index contributed by atoms with van der Waals surface area (Å²) in [5, 5.41) is 14.7. The molecule has 1 amide bonds. The molecular formula is C18H17BrN2O4S. The van der Waals surface area contributed by atoms with Crippen LogP contribution in [-0.4, -0.2) is 28.7 Å². The number of carboxylic acids is 1. The number of anilines is 1. The zero-order valence-corrected chi connectivity index (χ0v) is 16.5. The summed E-state index contributed by atoms with van der Waals surface area (Å²) in [4.78, 5) is 23.5. The molecule has 0 unspecified atom stereocenters. The number of thiocarbonyl (C=S) groups is 1. The zero-order valence-electron chi connectivity index (χ0n) is 14.1. The van der Waals surface area contributed by atoms with Gasteiger partial charge >= 0.3 is 5.97 Å². The molecule has 0 saturated carbocycles. The smallest absolute Gasteiger partial charge is 0.336 e. The summed E-state index contributed by atoms with van der Waals surface area (Å²) in [6.07, 6.45) is 0. The SMILES string of the molecule is CCOc1ccc(C(=O)NC(=S)Nc2cccc(C(=O)O)c2C)cc1Br. The summed E-state index contributed by atoms with van der Waals surface area (Å²) in [7, 11) is 0. The molecule has 0 bridgehead atoms. The van der Waals surface area contributed by atoms with Crippen LogP contribution in [0.3, 0.4) is 0 Å². The van der Waals surface area contributed by atoms with Crippen LogP contribution in [-0.2, 0) is 0 Å². The van der Waals surface area contributed by atoms with Gasteiger partial charge in [0.2, 0.25) is 0 Å². The molecule has 0 aliphatic rings. The molecule has 0 spiro atoms. The lowest BCUT2D eigenvalue weighted by Gasteiger charge is -2.13. The summed E-state index contributed by atoms with van der Waals surface area (Å²) >= 11 is 8.51. The molecule has 0 radical (unpaired) electrons. The van der Waals surface area contributed by atoms with Crippen LogP contribution in [0.5, 0.6) is 5.75 Å². The van der Waals surface area contributed by atoms with Crippen LogP contribution >= 0.6 is 28.1 Å². The maximum absolute atomic E-state index is 12.3. The second-order valence-electron chi connectivity index (χ2n) is 5.27. The Hall–Kier alpha value is -2.45. The van der Waals surface area contributed by atoms with E-state index in [0.29, 0.717) is 33.6 Å². The van der Waals surface area contributed by atoms with Crippen LogP contribution in [0.1, 0.15) is 33.2 Å². The molecule has 2 aromatic carbocycles. The Kier molecular flexibility index (Phi) is 6.70. The Morgan fingerprint density at radius 3 is 2.62 bits per heavy atom. The highest BCUT2D eigenvalue weighted by Gasteiger charge is 2.13. The molecule has 0 fully saturated rings. The minimum absolute atomic E-state index is 0.0747. The predicted molar refractivity (Wildman–Crippen MR) is 107 cm³/mol. The third-order valence-electron chi connectivity index (χ3n) is 3.53. The second kappa shape index (κ2) is 8.77. The third-order valence-corrected chi connectivity index (χ3v) is 4.36. The molecule has 8 heteroatoms. The fourth-order valence-corrected chi connectivity index (χ4v) is 2.94. The highest BCUT2D eigenvalue weighted by atomic mass is 79.9. The Morgan fingerprint density at radius 1 is 1.27 bits per heavy atom. The van der Waals surface area contributed by atoms with Gasteiger partial charge in [-0.15, -0.1) is 0 Å². The Bertz CT molecular complexity index is 870. The molecule has 2 aromatic rings. The summed E-state index contributed by atoms with van der Waals surface area (Å²) in [5.41, 5.74) is 1.61. The monoisotopic (exact) mass is 436 g/mol. The molecule has 3 N–H and O–H groups in total. The van der Waals surface area contributed by atoms with Gasteiger partial charge in [-0.2, -0.15) is 0 Å². The van der Waals surface area contributed by atoms with Gasteiger partial charge in [-0.05, 0) is 77.9 Å². The number of benzene rings is 2. The third kappa shape index (κ3) is 4.80. The predicted octanol–water partition coefficient (Wildman–Crippen LogP) is 3.98. The van der Waals surface area contributed by atoms with Gasteiger partial charge in [0.25, 0.3) is 5.91 Å². The largest absolute Gasteiger partial charge is 0.493 e. The number of hydrogen-bond donors (Lipinski definition) is 3. The van der Waals surface area contributed by atoms with Gasteiger partial charge in [-0.25, -0.2) is 4.79 Å². The van der Waals surface area contributed by atoms with E-state index in [4.69, 9.17) is 22.1 Å². The fourth-order valence-electron chi connectivity index (χ4n) is 2.25. The number of ether oxygens (including phenoxy) is 1. The highest BCUT2D eigenvalue weighted by molar-refractivity contribution is 9.10. The lowest BCUT2D eigenvalue weighted by Crippen LogP contribution is -2.34.